The topological polar surface area (TPSA) is 245 Å². The van der Waals surface area contributed by atoms with Gasteiger partial charge in [0, 0.05) is 37.1 Å². The summed E-state index contributed by atoms with van der Waals surface area (Å²) in [6, 6.07) is -1.16. The average Bonchev–Trinajstić information content (AvgIpc) is 3.40. The van der Waals surface area contributed by atoms with Crippen LogP contribution in [0, 0.1) is 5.92 Å². The number of nitrogens with two attached hydrogens (primary N) is 1. The summed E-state index contributed by atoms with van der Waals surface area (Å²) in [5, 5.41) is 46.5. The number of carboxylic acids is 2. The number of nitrogens with one attached hydrogen (secondary N) is 1. The Labute approximate surface area is 271 Å². The third-order valence-electron chi connectivity index (χ3n) is 7.61. The Balaban J connectivity index is 1.35. The van der Waals surface area contributed by atoms with Gasteiger partial charge in [0.1, 0.15) is 28.6 Å². The smallest absolute Gasteiger partial charge is 0.352 e. The van der Waals surface area contributed by atoms with E-state index in [2.05, 4.69) is 31.4 Å². The number of nitrogen functional groups attached to an aromatic ring is 1. The average molecular weight is 728 g/mol. The molecule has 4 heterocycles. The molecule has 3 amide bonds. The monoisotopic (exact) mass is 726 g/mol. The number of piperidine rings is 1. The fourth-order valence-electron chi connectivity index (χ4n) is 5.13. The molecule has 0 saturated carbocycles. The van der Waals surface area contributed by atoms with Gasteiger partial charge >= 0.3 is 11.9 Å². The van der Waals surface area contributed by atoms with Crippen molar-refractivity contribution in [1.29, 1.82) is 0 Å². The molecule has 0 radical (unpaired) electrons. The van der Waals surface area contributed by atoms with Crippen molar-refractivity contribution >= 4 is 79.5 Å². The zero-order valence-corrected chi connectivity index (χ0v) is 26.9. The van der Waals surface area contributed by atoms with E-state index >= 15 is 0 Å². The molecule has 1 aromatic rings. The molecule has 2 saturated heterocycles. The van der Waals surface area contributed by atoms with Crippen LogP contribution in [0.25, 0.3) is 0 Å². The molecule has 0 spiro atoms. The molecule has 4 aliphatic rings. The Morgan fingerprint density at radius 3 is 2.58 bits per heavy atom. The van der Waals surface area contributed by atoms with Gasteiger partial charge in [0.2, 0.25) is 11.5 Å². The summed E-state index contributed by atoms with van der Waals surface area (Å²) in [6.07, 6.45) is 0.156. The van der Waals surface area contributed by atoms with Gasteiger partial charge in [-0.1, -0.05) is 5.16 Å². The zero-order valence-electron chi connectivity index (χ0n) is 23.6. The molecule has 1 aromatic heterocycles. The first-order valence-electron chi connectivity index (χ1n) is 13.3. The number of carbonyl (C=O) groups is 5. The van der Waals surface area contributed by atoms with Crippen LogP contribution in [0.15, 0.2) is 43.4 Å². The van der Waals surface area contributed by atoms with Crippen molar-refractivity contribution in [3.63, 3.8) is 0 Å². The Morgan fingerprint density at radius 1 is 1.24 bits per heavy atom. The molecule has 3 atom stereocenters. The molecule has 16 nitrogen and oxygen atoms in total. The van der Waals surface area contributed by atoms with Crippen LogP contribution in [0.5, 0.6) is 0 Å². The molecule has 19 heteroatoms. The van der Waals surface area contributed by atoms with Crippen molar-refractivity contribution in [1.82, 2.24) is 20.1 Å². The lowest BCUT2D eigenvalue weighted by Gasteiger charge is -2.50. The minimum Gasteiger partial charge on any atom is -0.508 e. The normalized spacial score (nSPS) is 23.9. The van der Waals surface area contributed by atoms with E-state index in [0.29, 0.717) is 11.1 Å². The van der Waals surface area contributed by atoms with Crippen LogP contribution in [0.1, 0.15) is 32.4 Å². The number of aliphatic carboxylic acids is 2. The summed E-state index contributed by atoms with van der Waals surface area (Å²) in [5.74, 6) is -5.35. The highest BCUT2D eigenvalue weighted by molar-refractivity contribution is 9.12. The number of β-lactam (4-membered cyclic amide) rings is 1. The number of allylic oxidation sites excluding steroid dienone is 2. The number of thioether (sulfide) groups is 1. The molecule has 5 rings (SSSR count). The van der Waals surface area contributed by atoms with E-state index in [1.807, 2.05) is 0 Å². The van der Waals surface area contributed by atoms with Crippen molar-refractivity contribution < 1.29 is 49.2 Å². The molecule has 0 aromatic carbocycles. The number of hydrogen-bond donors (Lipinski definition) is 6. The number of halogens is 1. The van der Waals surface area contributed by atoms with E-state index in [1.165, 1.54) is 35.9 Å². The van der Waals surface area contributed by atoms with Crippen LogP contribution in [-0.4, -0.2) is 106 Å². The number of aromatic nitrogens is 1. The van der Waals surface area contributed by atoms with Crippen LogP contribution in [0.2, 0.25) is 0 Å². The fourth-order valence-corrected chi connectivity index (χ4v) is 7.69. The molecule has 0 bridgehead atoms. The number of hydrogen-bond acceptors (Lipinski definition) is 13. The molecular formula is C26H27BrN6O10S2. The molecule has 7 N–H and O–H groups in total. The molecule has 2 fully saturated rings. The van der Waals surface area contributed by atoms with Gasteiger partial charge in [-0.2, -0.15) is 0 Å². The maximum Gasteiger partial charge on any atom is 0.352 e. The number of rotatable bonds is 9. The highest BCUT2D eigenvalue weighted by Crippen LogP contribution is 2.43. The molecule has 3 aliphatic heterocycles. The summed E-state index contributed by atoms with van der Waals surface area (Å²) in [4.78, 5) is 75.0. The number of amides is 3. The van der Waals surface area contributed by atoms with E-state index < -0.39 is 46.5 Å². The second-order valence-electron chi connectivity index (χ2n) is 11.0. The Hall–Kier alpha value is -4.10. The number of carbonyl (C=O) groups excluding carboxylic acids is 3. The predicted molar refractivity (Wildman–Crippen MR) is 163 cm³/mol. The number of thiazole rings is 1. The van der Waals surface area contributed by atoms with Gasteiger partial charge in [-0.15, -0.1) is 23.1 Å². The second kappa shape index (κ2) is 12.0. The van der Waals surface area contributed by atoms with E-state index in [0.717, 1.165) is 16.2 Å². The number of nitrogens with zero attached hydrogens (tertiary/aromatic N) is 4. The minimum absolute atomic E-state index is 0.0169. The fraction of sp³-hybridized carbons (Fsp3) is 0.423. The van der Waals surface area contributed by atoms with E-state index in [4.69, 9.17) is 10.6 Å². The van der Waals surface area contributed by atoms with Gasteiger partial charge in [0.25, 0.3) is 11.8 Å². The molecule has 2 unspecified atom stereocenters. The van der Waals surface area contributed by atoms with Crippen molar-refractivity contribution in [2.45, 2.75) is 43.7 Å². The van der Waals surface area contributed by atoms with E-state index in [-0.39, 0.29) is 76.0 Å². The van der Waals surface area contributed by atoms with Gasteiger partial charge in [-0.05, 0) is 46.8 Å². The van der Waals surface area contributed by atoms with Crippen LogP contribution in [0.4, 0.5) is 5.13 Å². The lowest BCUT2D eigenvalue weighted by Crippen LogP contribution is -2.71. The number of oxime groups is 1. The number of fused-ring (bicyclic) bond motifs is 2. The number of likely N-dealkylation sites (tertiary alicyclic amines) is 1. The lowest BCUT2D eigenvalue weighted by atomic mass is 9.83. The molecule has 240 valence electrons. The highest BCUT2D eigenvalue weighted by atomic mass is 79.9. The van der Waals surface area contributed by atoms with E-state index in [9.17, 15) is 44.4 Å². The quantitative estimate of drug-likeness (QED) is 0.119. The molecule has 45 heavy (non-hydrogen) atoms. The molecule has 1 aliphatic carbocycles. The third-order valence-corrected chi connectivity index (χ3v) is 10.5. The van der Waals surface area contributed by atoms with Crippen molar-refractivity contribution in [3.8, 4) is 0 Å². The van der Waals surface area contributed by atoms with Crippen LogP contribution in [-0.2, 0) is 28.8 Å². The van der Waals surface area contributed by atoms with Gasteiger partial charge in [-0.25, -0.2) is 14.6 Å². The second-order valence-corrected chi connectivity index (χ2v) is 13.8. The summed E-state index contributed by atoms with van der Waals surface area (Å²) >= 11 is 5.47. The van der Waals surface area contributed by atoms with Gasteiger partial charge < -0.3 is 41.2 Å². The number of carboxylic acid groups (broad SMARTS) is 2. The first-order valence-corrected chi connectivity index (χ1v) is 16.0. The minimum atomic E-state index is -1.80. The predicted octanol–water partition coefficient (Wildman–Crippen LogP) is 1.28. The summed E-state index contributed by atoms with van der Waals surface area (Å²) < 4.78 is 0.288. The molecular weight excluding hydrogens is 700 g/mol. The van der Waals surface area contributed by atoms with Crippen LogP contribution in [0.3, 0.4) is 0 Å². The first kappa shape index (κ1) is 32.3. The summed E-state index contributed by atoms with van der Waals surface area (Å²) in [5.41, 5.74) is 4.15. The summed E-state index contributed by atoms with van der Waals surface area (Å²) in [7, 11) is 0. The SMILES string of the molecule is CC(C)(O/N=C(\C(=O)NC1C(=O)N2C(C(=O)O)=C(CN3CC4=C(Br)C(O)=C(O)CC4CC3=O)CS[C@H]12)c1csc(N)n1)C(=O)O. The Kier molecular flexibility index (Phi) is 8.62. The van der Waals surface area contributed by atoms with Crippen molar-refractivity contribution in [2.24, 2.45) is 11.1 Å². The maximum atomic E-state index is 13.3. The Bertz CT molecular complexity index is 1650. The van der Waals surface area contributed by atoms with Crippen molar-refractivity contribution in [2.75, 3.05) is 24.6 Å². The van der Waals surface area contributed by atoms with Gasteiger partial charge in [-0.3, -0.25) is 19.3 Å². The van der Waals surface area contributed by atoms with Gasteiger partial charge in [0.05, 0.1) is 4.48 Å². The van der Waals surface area contributed by atoms with E-state index in [1.54, 1.807) is 0 Å². The highest BCUT2D eigenvalue weighted by Gasteiger charge is 2.55. The largest absolute Gasteiger partial charge is 0.508 e. The standard InChI is InChI=1S/C26H27BrN6O10S2/c1-26(2,24(41)42)43-31-16(12-8-45-25(28)29-12)20(37)30-17-21(38)33-18(23(39)40)10(7-44-22(17)33)5-32-6-11-9(4-14(32)35)3-13(34)19(36)15(11)27/h8-9,17,22,34,36H,3-7H2,1-2H3,(H2,28,29)(H,30,37)(H,39,40)(H,41,42)/b31-16-/t9?,17?,22-/m1/s1. The lowest BCUT2D eigenvalue weighted by molar-refractivity contribution is -0.161. The maximum absolute atomic E-state index is 13.3. The summed E-state index contributed by atoms with van der Waals surface area (Å²) in [6.45, 7) is 2.44. The third kappa shape index (κ3) is 5.98. The first-order chi connectivity index (χ1) is 21.1. The van der Waals surface area contributed by atoms with Crippen LogP contribution >= 0.6 is 39.0 Å². The zero-order chi connectivity index (χ0) is 33.0. The van der Waals surface area contributed by atoms with Gasteiger partial charge in [0.15, 0.2) is 16.6 Å². The number of aliphatic hydroxyl groups is 2. The van der Waals surface area contributed by atoms with Crippen molar-refractivity contribution in [3.05, 3.63) is 43.9 Å². The Morgan fingerprint density at radius 2 is 1.96 bits per heavy atom. The number of anilines is 1. The van der Waals surface area contributed by atoms with Crippen LogP contribution < -0.4 is 11.1 Å². The number of aliphatic hydroxyl groups excluding tert-OH is 2.